The minimum Gasteiger partial charge on any atom is -0.479 e. The van der Waals surface area contributed by atoms with Crippen LogP contribution in [-0.4, -0.2) is 39.7 Å². The first kappa shape index (κ1) is 22.9. The number of carbonyl (C=O) groups is 1. The van der Waals surface area contributed by atoms with E-state index in [0.717, 1.165) is 0 Å². The zero-order valence-corrected chi connectivity index (χ0v) is 18.3. The highest BCUT2D eigenvalue weighted by molar-refractivity contribution is 9.10. The van der Waals surface area contributed by atoms with Crippen molar-refractivity contribution < 1.29 is 27.8 Å². The Kier molecular flexibility index (Phi) is 6.38. The van der Waals surface area contributed by atoms with Gasteiger partial charge in [0.15, 0.2) is 6.10 Å². The molecule has 0 fully saturated rings. The summed E-state index contributed by atoms with van der Waals surface area (Å²) >= 11 is 15.0. The fourth-order valence-electron chi connectivity index (χ4n) is 2.81. The van der Waals surface area contributed by atoms with Crippen LogP contribution in [0.4, 0.5) is 13.2 Å². The second-order valence-electron chi connectivity index (χ2n) is 6.53. The van der Waals surface area contributed by atoms with Crippen molar-refractivity contribution in [3.63, 3.8) is 0 Å². The molecule has 0 unspecified atom stereocenters. The molecule has 2 aromatic carbocycles. The number of benzene rings is 2. The Balaban J connectivity index is 1.93. The van der Waals surface area contributed by atoms with Gasteiger partial charge in [-0.3, -0.25) is 4.79 Å². The average molecular weight is 526 g/mol. The summed E-state index contributed by atoms with van der Waals surface area (Å²) in [6.45, 7) is 1.23. The number of aliphatic hydroxyl groups is 1. The van der Waals surface area contributed by atoms with E-state index in [-0.39, 0.29) is 21.5 Å². The number of halogens is 6. The number of hydrogen-bond donors (Lipinski definition) is 1. The van der Waals surface area contributed by atoms with Gasteiger partial charge in [0, 0.05) is 9.50 Å². The van der Waals surface area contributed by atoms with Crippen LogP contribution in [0.2, 0.25) is 10.0 Å². The minimum absolute atomic E-state index is 0.0255. The molecule has 0 aromatic heterocycles. The number of hydrazone groups is 1. The maximum Gasteiger partial charge on any atom is 0.438 e. The van der Waals surface area contributed by atoms with Crippen molar-refractivity contribution in [3.05, 3.63) is 62.5 Å². The Labute approximate surface area is 188 Å². The van der Waals surface area contributed by atoms with Crippen molar-refractivity contribution >= 4 is 50.8 Å². The molecule has 0 radical (unpaired) electrons. The van der Waals surface area contributed by atoms with Crippen molar-refractivity contribution in [1.82, 2.24) is 5.01 Å². The predicted molar refractivity (Wildman–Crippen MR) is 110 cm³/mol. The molecule has 0 bridgehead atoms. The fraction of sp³-hybridized carbons (Fsp3) is 0.263. The molecule has 0 saturated carbocycles. The van der Waals surface area contributed by atoms with Crippen molar-refractivity contribution in [2.75, 3.05) is 0 Å². The van der Waals surface area contributed by atoms with E-state index in [1.165, 1.54) is 37.3 Å². The van der Waals surface area contributed by atoms with Crippen molar-refractivity contribution in [1.29, 1.82) is 0 Å². The maximum atomic E-state index is 13.7. The number of amides is 1. The maximum absolute atomic E-state index is 13.7. The number of hydrogen-bond acceptors (Lipinski definition) is 4. The highest BCUT2D eigenvalue weighted by Crippen LogP contribution is 2.42. The van der Waals surface area contributed by atoms with E-state index in [1.807, 2.05) is 0 Å². The summed E-state index contributed by atoms with van der Waals surface area (Å²) in [5.41, 5.74) is -3.28. The third kappa shape index (κ3) is 4.44. The summed E-state index contributed by atoms with van der Waals surface area (Å²) < 4.78 is 47.2. The summed E-state index contributed by atoms with van der Waals surface area (Å²) in [7, 11) is 0. The molecule has 0 aliphatic carbocycles. The van der Waals surface area contributed by atoms with E-state index in [1.54, 1.807) is 12.1 Å². The van der Waals surface area contributed by atoms with Gasteiger partial charge in [-0.1, -0.05) is 51.3 Å². The Bertz CT molecular complexity index is 1020. The smallest absolute Gasteiger partial charge is 0.438 e. The van der Waals surface area contributed by atoms with Gasteiger partial charge in [0.25, 0.3) is 11.6 Å². The Morgan fingerprint density at radius 1 is 1.30 bits per heavy atom. The normalized spacial score (nSPS) is 20.1. The molecule has 5 nitrogen and oxygen atoms in total. The number of ether oxygens (including phenoxy) is 1. The lowest BCUT2D eigenvalue weighted by Crippen LogP contribution is -2.58. The van der Waals surface area contributed by atoms with E-state index in [0.29, 0.717) is 15.1 Å². The first-order chi connectivity index (χ1) is 13.9. The van der Waals surface area contributed by atoms with Crippen LogP contribution in [0.5, 0.6) is 5.75 Å². The molecule has 1 aliphatic heterocycles. The first-order valence-corrected chi connectivity index (χ1v) is 10.1. The van der Waals surface area contributed by atoms with Gasteiger partial charge in [-0.05, 0) is 42.8 Å². The summed E-state index contributed by atoms with van der Waals surface area (Å²) in [4.78, 5) is 12.8. The second-order valence-corrected chi connectivity index (χ2v) is 8.29. The largest absolute Gasteiger partial charge is 0.479 e. The number of nitrogens with zero attached hydrogens (tertiary/aromatic N) is 2. The van der Waals surface area contributed by atoms with Crippen molar-refractivity contribution in [2.24, 2.45) is 5.10 Å². The quantitative estimate of drug-likeness (QED) is 0.580. The molecular formula is C19H14BrCl2F3N2O3. The molecule has 3 rings (SSSR count). The van der Waals surface area contributed by atoms with Crippen LogP contribution in [0.1, 0.15) is 18.9 Å². The number of carbonyl (C=O) groups excluding carboxylic acids is 1. The van der Waals surface area contributed by atoms with E-state index in [4.69, 9.17) is 27.9 Å². The highest BCUT2D eigenvalue weighted by Gasteiger charge is 2.63. The van der Waals surface area contributed by atoms with Crippen LogP contribution in [-0.2, 0) is 4.79 Å². The van der Waals surface area contributed by atoms with Crippen LogP contribution in [0.15, 0.2) is 52.0 Å². The molecule has 160 valence electrons. The molecule has 2 atom stereocenters. The van der Waals surface area contributed by atoms with Crippen LogP contribution in [0.3, 0.4) is 0 Å². The predicted octanol–water partition coefficient (Wildman–Crippen LogP) is 5.41. The molecule has 1 heterocycles. The topological polar surface area (TPSA) is 62.1 Å². The summed E-state index contributed by atoms with van der Waals surface area (Å²) in [5, 5.41) is 14.6. The Hall–Kier alpha value is -1.81. The second kappa shape index (κ2) is 8.37. The molecule has 1 N–H and O–H groups in total. The van der Waals surface area contributed by atoms with Crippen LogP contribution >= 0.6 is 39.1 Å². The van der Waals surface area contributed by atoms with Crippen LogP contribution < -0.4 is 4.74 Å². The average Bonchev–Trinajstić information content (AvgIpc) is 3.02. The van der Waals surface area contributed by atoms with Crippen molar-refractivity contribution in [2.45, 2.75) is 31.3 Å². The van der Waals surface area contributed by atoms with Gasteiger partial charge in [0.05, 0.1) is 17.2 Å². The first-order valence-electron chi connectivity index (χ1n) is 8.50. The van der Waals surface area contributed by atoms with Gasteiger partial charge in [-0.15, -0.1) is 0 Å². The van der Waals surface area contributed by atoms with E-state index >= 15 is 0 Å². The molecule has 1 aliphatic rings. The molecule has 1 amide bonds. The third-order valence-corrected chi connectivity index (χ3v) is 5.37. The standard InChI is InChI=1S/C19H14BrCl2F3N2O3/c1-10(30-16-6-5-13(21)8-14(16)22)17(28)27-18(29,19(23,24)25)9-15(26-27)11-3-2-4-12(20)7-11/h2-8,10,29H,9H2,1H3/t10-,18-/m1/s1. The summed E-state index contributed by atoms with van der Waals surface area (Å²) in [6, 6.07) is 10.5. The van der Waals surface area contributed by atoms with Crippen LogP contribution in [0, 0.1) is 0 Å². The van der Waals surface area contributed by atoms with Gasteiger partial charge in [0.2, 0.25) is 0 Å². The van der Waals surface area contributed by atoms with Crippen molar-refractivity contribution in [3.8, 4) is 5.75 Å². The molecule has 11 heteroatoms. The Morgan fingerprint density at radius 2 is 2.00 bits per heavy atom. The van der Waals surface area contributed by atoms with Crippen LogP contribution in [0.25, 0.3) is 0 Å². The summed E-state index contributed by atoms with van der Waals surface area (Å²) in [6.07, 6.45) is -7.51. The fourth-order valence-corrected chi connectivity index (χ4v) is 3.66. The van der Waals surface area contributed by atoms with E-state index < -0.39 is 30.3 Å². The van der Waals surface area contributed by atoms with Gasteiger partial charge in [-0.2, -0.15) is 23.3 Å². The molecule has 30 heavy (non-hydrogen) atoms. The van der Waals surface area contributed by atoms with Gasteiger partial charge < -0.3 is 9.84 Å². The molecule has 2 aromatic rings. The minimum atomic E-state index is -5.16. The lowest BCUT2D eigenvalue weighted by atomic mass is 10.0. The zero-order chi connectivity index (χ0) is 22.3. The lowest BCUT2D eigenvalue weighted by Gasteiger charge is -2.33. The van der Waals surface area contributed by atoms with Gasteiger partial charge >= 0.3 is 6.18 Å². The highest BCUT2D eigenvalue weighted by atomic mass is 79.9. The van der Waals surface area contributed by atoms with E-state index in [9.17, 15) is 23.1 Å². The third-order valence-electron chi connectivity index (χ3n) is 4.35. The van der Waals surface area contributed by atoms with E-state index in [2.05, 4.69) is 21.0 Å². The van der Waals surface area contributed by atoms with Gasteiger partial charge in [0.1, 0.15) is 5.75 Å². The number of rotatable bonds is 4. The lowest BCUT2D eigenvalue weighted by molar-refractivity contribution is -0.303. The monoisotopic (exact) mass is 524 g/mol. The zero-order valence-electron chi connectivity index (χ0n) is 15.3. The molecule has 0 spiro atoms. The van der Waals surface area contributed by atoms with Gasteiger partial charge in [-0.25, -0.2) is 0 Å². The molecular weight excluding hydrogens is 512 g/mol. The number of alkyl halides is 3. The SMILES string of the molecule is C[C@@H](Oc1ccc(Cl)cc1Cl)C(=O)N1N=C(c2cccc(Br)c2)C[C@@]1(O)C(F)(F)F. The Morgan fingerprint density at radius 3 is 2.60 bits per heavy atom. The molecule has 0 saturated heterocycles. The summed E-state index contributed by atoms with van der Waals surface area (Å²) in [5.74, 6) is -1.14.